The summed E-state index contributed by atoms with van der Waals surface area (Å²) in [5.74, 6) is 1.03. The van der Waals surface area contributed by atoms with E-state index in [1.54, 1.807) is 19.2 Å². The summed E-state index contributed by atoms with van der Waals surface area (Å²) in [5.41, 5.74) is 3.20. The minimum atomic E-state index is -0.493. The molecule has 35 heavy (non-hydrogen) atoms. The van der Waals surface area contributed by atoms with Crippen molar-refractivity contribution in [2.24, 2.45) is 0 Å². The molecule has 0 saturated heterocycles. The first-order valence-electron chi connectivity index (χ1n) is 11.6. The van der Waals surface area contributed by atoms with Gasteiger partial charge in [0.15, 0.2) is 16.7 Å². The predicted molar refractivity (Wildman–Crippen MR) is 137 cm³/mol. The highest BCUT2D eigenvalue weighted by atomic mass is 32.1. The average Bonchev–Trinajstić information content (AvgIpc) is 3.35. The molecule has 184 valence electrons. The van der Waals surface area contributed by atoms with Crippen LogP contribution in [0.2, 0.25) is 0 Å². The summed E-state index contributed by atoms with van der Waals surface area (Å²) >= 11 is 5.74. The lowest BCUT2D eigenvalue weighted by Crippen LogP contribution is -2.46. The third kappa shape index (κ3) is 5.14. The zero-order valence-electron chi connectivity index (χ0n) is 20.3. The van der Waals surface area contributed by atoms with Crippen LogP contribution in [0.4, 0.5) is 4.39 Å². The minimum absolute atomic E-state index is 0.154. The fraction of sp³-hybridized carbons (Fsp3) is 0.346. The first-order chi connectivity index (χ1) is 17.0. The maximum atomic E-state index is 14.3. The summed E-state index contributed by atoms with van der Waals surface area (Å²) in [4.78, 5) is 6.72. The van der Waals surface area contributed by atoms with E-state index < -0.39 is 5.82 Å². The van der Waals surface area contributed by atoms with Crippen LogP contribution in [0.3, 0.4) is 0 Å². The fourth-order valence-corrected chi connectivity index (χ4v) is 4.52. The zero-order valence-corrected chi connectivity index (χ0v) is 21.1. The van der Waals surface area contributed by atoms with Crippen LogP contribution in [-0.4, -0.2) is 40.9 Å². The van der Waals surface area contributed by atoms with E-state index in [9.17, 15) is 4.39 Å². The standard InChI is InChI=1S/C26H29FN4O3S/c1-5-6-7-13-31-16(2)22(23(28-26(31)35)17-9-8-10-19(14-17)32-3)25-29-24(30-34-25)18-11-12-21(33-4)20(27)15-18/h8-12,14-15,23H,5-7,13H2,1-4H3,(H,28,35). The van der Waals surface area contributed by atoms with Crippen molar-refractivity contribution in [3.8, 4) is 22.9 Å². The second kappa shape index (κ2) is 10.9. The van der Waals surface area contributed by atoms with Gasteiger partial charge in [0.05, 0.1) is 25.8 Å². The monoisotopic (exact) mass is 496 g/mol. The zero-order chi connectivity index (χ0) is 24.9. The average molecular weight is 497 g/mol. The maximum absolute atomic E-state index is 14.3. The number of halogens is 1. The highest BCUT2D eigenvalue weighted by Crippen LogP contribution is 2.38. The molecule has 3 aromatic rings. The second-order valence-electron chi connectivity index (χ2n) is 8.29. The molecule has 1 aliphatic heterocycles. The number of ether oxygens (including phenoxy) is 2. The van der Waals surface area contributed by atoms with Crippen LogP contribution in [0.15, 0.2) is 52.7 Å². The molecule has 4 rings (SSSR count). The highest BCUT2D eigenvalue weighted by molar-refractivity contribution is 7.80. The normalized spacial score (nSPS) is 15.9. The minimum Gasteiger partial charge on any atom is -0.497 e. The van der Waals surface area contributed by atoms with Crippen molar-refractivity contribution >= 4 is 22.9 Å². The summed E-state index contributed by atoms with van der Waals surface area (Å²) in [6.07, 6.45) is 3.23. The lowest BCUT2D eigenvalue weighted by Gasteiger charge is -2.37. The van der Waals surface area contributed by atoms with E-state index in [2.05, 4.69) is 27.3 Å². The molecule has 0 amide bonds. The van der Waals surface area contributed by atoms with Crippen molar-refractivity contribution in [3.05, 3.63) is 65.4 Å². The van der Waals surface area contributed by atoms with Gasteiger partial charge in [0.1, 0.15) is 5.75 Å². The molecule has 2 heterocycles. The molecule has 0 saturated carbocycles. The molecule has 0 aliphatic carbocycles. The molecule has 1 unspecified atom stereocenters. The molecule has 0 radical (unpaired) electrons. The summed E-state index contributed by atoms with van der Waals surface area (Å²) < 4.78 is 30.5. The number of nitrogens with zero attached hydrogens (tertiary/aromatic N) is 3. The number of hydrogen-bond acceptors (Lipinski definition) is 6. The molecule has 7 nitrogen and oxygen atoms in total. The van der Waals surface area contributed by atoms with Crippen molar-refractivity contribution in [2.45, 2.75) is 39.2 Å². The number of rotatable bonds is 9. The lowest BCUT2D eigenvalue weighted by atomic mass is 9.94. The number of nitrogens with one attached hydrogen (secondary N) is 1. The molecule has 0 spiro atoms. The third-order valence-electron chi connectivity index (χ3n) is 6.08. The van der Waals surface area contributed by atoms with Gasteiger partial charge in [-0.05, 0) is 61.5 Å². The van der Waals surface area contributed by atoms with Gasteiger partial charge in [-0.15, -0.1) is 0 Å². The molecule has 9 heteroatoms. The van der Waals surface area contributed by atoms with E-state index in [-0.39, 0.29) is 17.6 Å². The third-order valence-corrected chi connectivity index (χ3v) is 6.41. The molecular weight excluding hydrogens is 467 g/mol. The van der Waals surface area contributed by atoms with Gasteiger partial charge in [-0.1, -0.05) is 37.1 Å². The van der Waals surface area contributed by atoms with E-state index in [1.807, 2.05) is 31.2 Å². The Kier molecular flexibility index (Phi) is 7.65. The molecule has 1 aliphatic rings. The molecule has 1 aromatic heterocycles. The Bertz CT molecular complexity index is 1240. The number of thiocarbonyl (C=S) groups is 1. The van der Waals surface area contributed by atoms with Crippen LogP contribution in [0.1, 0.15) is 50.6 Å². The van der Waals surface area contributed by atoms with E-state index in [0.717, 1.165) is 48.4 Å². The number of unbranched alkanes of at least 4 members (excludes halogenated alkanes) is 2. The number of allylic oxidation sites excluding steroid dienone is 1. The van der Waals surface area contributed by atoms with Crippen LogP contribution in [0.5, 0.6) is 11.5 Å². The first-order valence-corrected chi connectivity index (χ1v) is 12.0. The van der Waals surface area contributed by atoms with Crippen LogP contribution in [0.25, 0.3) is 17.0 Å². The van der Waals surface area contributed by atoms with Crippen molar-refractivity contribution in [1.29, 1.82) is 0 Å². The Balaban J connectivity index is 1.77. The Hall–Kier alpha value is -3.46. The molecular formula is C26H29FN4O3S. The molecule has 1 atom stereocenters. The van der Waals surface area contributed by atoms with E-state index in [1.165, 1.54) is 13.2 Å². The number of benzene rings is 2. The van der Waals surface area contributed by atoms with Crippen LogP contribution in [-0.2, 0) is 0 Å². The molecule has 1 N–H and O–H groups in total. The van der Waals surface area contributed by atoms with Gasteiger partial charge in [-0.2, -0.15) is 4.98 Å². The first kappa shape index (κ1) is 24.7. The molecule has 0 fully saturated rings. The van der Waals surface area contributed by atoms with Gasteiger partial charge >= 0.3 is 0 Å². The lowest BCUT2D eigenvalue weighted by molar-refractivity contribution is 0.386. The quantitative estimate of drug-likeness (QED) is 0.297. The topological polar surface area (TPSA) is 72.7 Å². The van der Waals surface area contributed by atoms with Crippen LogP contribution >= 0.6 is 12.2 Å². The Labute approximate surface area is 209 Å². The summed E-state index contributed by atoms with van der Waals surface area (Å²) in [7, 11) is 3.05. The van der Waals surface area contributed by atoms with Gasteiger partial charge < -0.3 is 24.2 Å². The number of hydrogen-bond donors (Lipinski definition) is 1. The van der Waals surface area contributed by atoms with Gasteiger partial charge in [0.25, 0.3) is 5.89 Å². The van der Waals surface area contributed by atoms with Crippen molar-refractivity contribution < 1.29 is 18.4 Å². The van der Waals surface area contributed by atoms with Gasteiger partial charge in [-0.25, -0.2) is 4.39 Å². The Morgan fingerprint density at radius 1 is 1.14 bits per heavy atom. The van der Waals surface area contributed by atoms with E-state index >= 15 is 0 Å². The van der Waals surface area contributed by atoms with Gasteiger partial charge in [0, 0.05) is 17.8 Å². The second-order valence-corrected chi connectivity index (χ2v) is 8.68. The largest absolute Gasteiger partial charge is 0.497 e. The van der Waals surface area contributed by atoms with Gasteiger partial charge in [-0.3, -0.25) is 0 Å². The highest BCUT2D eigenvalue weighted by Gasteiger charge is 2.34. The van der Waals surface area contributed by atoms with Crippen LogP contribution in [0, 0.1) is 5.82 Å². The van der Waals surface area contributed by atoms with Crippen molar-refractivity contribution in [1.82, 2.24) is 20.4 Å². The Morgan fingerprint density at radius 2 is 1.97 bits per heavy atom. The Morgan fingerprint density at radius 3 is 2.69 bits per heavy atom. The predicted octanol–water partition coefficient (Wildman–Crippen LogP) is 5.75. The van der Waals surface area contributed by atoms with Gasteiger partial charge in [0.2, 0.25) is 5.82 Å². The number of methoxy groups -OCH3 is 2. The smallest absolute Gasteiger partial charge is 0.258 e. The fourth-order valence-electron chi connectivity index (χ4n) is 4.17. The molecule has 2 aromatic carbocycles. The van der Waals surface area contributed by atoms with Crippen molar-refractivity contribution in [3.63, 3.8) is 0 Å². The summed E-state index contributed by atoms with van der Waals surface area (Å²) in [5, 5.41) is 8.24. The maximum Gasteiger partial charge on any atom is 0.258 e. The van der Waals surface area contributed by atoms with Crippen molar-refractivity contribution in [2.75, 3.05) is 20.8 Å². The summed E-state index contributed by atoms with van der Waals surface area (Å²) in [6.45, 7) is 4.96. The number of aromatic nitrogens is 2. The SMILES string of the molecule is CCCCCN1C(=S)NC(c2cccc(OC)c2)C(c2nc(-c3ccc(OC)c(F)c3)no2)=C1C. The van der Waals surface area contributed by atoms with Crippen LogP contribution < -0.4 is 14.8 Å². The van der Waals surface area contributed by atoms with E-state index in [4.69, 9.17) is 26.2 Å². The summed E-state index contributed by atoms with van der Waals surface area (Å²) in [6, 6.07) is 12.0. The van der Waals surface area contributed by atoms with E-state index in [0.29, 0.717) is 16.6 Å². The molecule has 0 bridgehead atoms.